The number of amides is 1. The molecular formula is C15H12N2OS. The van der Waals surface area contributed by atoms with Crippen molar-refractivity contribution >= 4 is 17.7 Å². The van der Waals surface area contributed by atoms with Gasteiger partial charge in [0, 0.05) is 11.1 Å². The van der Waals surface area contributed by atoms with Gasteiger partial charge in [-0.3, -0.25) is 4.79 Å². The van der Waals surface area contributed by atoms with Gasteiger partial charge in [-0.15, -0.1) is 6.42 Å². The van der Waals surface area contributed by atoms with Gasteiger partial charge in [0.1, 0.15) is 5.03 Å². The first-order chi connectivity index (χ1) is 9.31. The van der Waals surface area contributed by atoms with Crippen molar-refractivity contribution in [3.63, 3.8) is 0 Å². The minimum atomic E-state index is -0.204. The number of hydrogen-bond acceptors (Lipinski definition) is 3. The van der Waals surface area contributed by atoms with E-state index in [9.17, 15) is 4.79 Å². The van der Waals surface area contributed by atoms with Crippen molar-refractivity contribution in [3.8, 4) is 12.3 Å². The van der Waals surface area contributed by atoms with E-state index in [0.717, 1.165) is 4.90 Å². The number of pyridine rings is 1. The maximum Gasteiger partial charge on any atom is 0.254 e. The molecule has 2 rings (SSSR count). The zero-order valence-corrected chi connectivity index (χ0v) is 11.0. The highest BCUT2D eigenvalue weighted by molar-refractivity contribution is 7.99. The van der Waals surface area contributed by atoms with E-state index in [1.807, 2.05) is 30.3 Å². The molecule has 1 N–H and O–H groups in total. The topological polar surface area (TPSA) is 42.0 Å². The first kappa shape index (κ1) is 13.2. The lowest BCUT2D eigenvalue weighted by Crippen LogP contribution is -2.24. The van der Waals surface area contributed by atoms with Crippen LogP contribution in [0.2, 0.25) is 0 Å². The quantitative estimate of drug-likeness (QED) is 0.867. The maximum absolute atomic E-state index is 12.0. The van der Waals surface area contributed by atoms with E-state index < -0.39 is 0 Å². The zero-order chi connectivity index (χ0) is 13.5. The molecule has 19 heavy (non-hydrogen) atoms. The third kappa shape index (κ3) is 3.60. The van der Waals surface area contributed by atoms with E-state index in [4.69, 9.17) is 6.42 Å². The summed E-state index contributed by atoms with van der Waals surface area (Å²) in [4.78, 5) is 17.2. The van der Waals surface area contributed by atoms with Crippen molar-refractivity contribution in [1.29, 1.82) is 0 Å². The second-order valence-electron chi connectivity index (χ2n) is 3.66. The average Bonchev–Trinajstić information content (AvgIpc) is 2.46. The van der Waals surface area contributed by atoms with Crippen LogP contribution in [0.1, 0.15) is 10.4 Å². The zero-order valence-electron chi connectivity index (χ0n) is 10.2. The van der Waals surface area contributed by atoms with Crippen LogP contribution in [-0.4, -0.2) is 17.4 Å². The molecule has 3 nitrogen and oxygen atoms in total. The van der Waals surface area contributed by atoms with Crippen LogP contribution in [0.25, 0.3) is 0 Å². The Morgan fingerprint density at radius 1 is 1.26 bits per heavy atom. The van der Waals surface area contributed by atoms with E-state index in [0.29, 0.717) is 10.6 Å². The third-order valence-corrected chi connectivity index (χ3v) is 3.35. The SMILES string of the molecule is C#CCNC(=O)c1cccnc1Sc1ccccc1. The summed E-state index contributed by atoms with van der Waals surface area (Å²) >= 11 is 1.45. The fourth-order valence-corrected chi connectivity index (χ4v) is 2.37. The maximum atomic E-state index is 12.0. The molecule has 1 aromatic carbocycles. The molecule has 0 atom stereocenters. The molecule has 4 heteroatoms. The predicted molar refractivity (Wildman–Crippen MR) is 76.0 cm³/mol. The number of aromatic nitrogens is 1. The van der Waals surface area contributed by atoms with Crippen LogP contribution in [0, 0.1) is 12.3 Å². The van der Waals surface area contributed by atoms with Crippen LogP contribution in [0.3, 0.4) is 0 Å². The summed E-state index contributed by atoms with van der Waals surface area (Å²) < 4.78 is 0. The molecule has 1 amide bonds. The third-order valence-electron chi connectivity index (χ3n) is 2.32. The Hall–Kier alpha value is -2.25. The number of nitrogens with one attached hydrogen (secondary N) is 1. The van der Waals surface area contributed by atoms with E-state index in [2.05, 4.69) is 16.2 Å². The summed E-state index contributed by atoms with van der Waals surface area (Å²) in [6, 6.07) is 13.3. The Kier molecular flexibility index (Phi) is 4.60. The van der Waals surface area contributed by atoms with Crippen LogP contribution in [0.5, 0.6) is 0 Å². The Morgan fingerprint density at radius 2 is 2.05 bits per heavy atom. The van der Waals surface area contributed by atoms with Crippen LogP contribution in [-0.2, 0) is 0 Å². The second kappa shape index (κ2) is 6.62. The normalized spacial score (nSPS) is 9.63. The number of benzene rings is 1. The smallest absolute Gasteiger partial charge is 0.254 e. The Bertz CT molecular complexity index is 605. The summed E-state index contributed by atoms with van der Waals surface area (Å²) in [6.07, 6.45) is 6.80. The molecule has 1 heterocycles. The fourth-order valence-electron chi connectivity index (χ4n) is 1.47. The van der Waals surface area contributed by atoms with Gasteiger partial charge in [-0.2, -0.15) is 0 Å². The van der Waals surface area contributed by atoms with E-state index in [1.165, 1.54) is 11.8 Å². The average molecular weight is 268 g/mol. The Morgan fingerprint density at radius 3 is 2.79 bits per heavy atom. The van der Waals surface area contributed by atoms with Crippen LogP contribution in [0.15, 0.2) is 58.6 Å². The molecule has 2 aromatic rings. The second-order valence-corrected chi connectivity index (χ2v) is 4.72. The molecule has 0 fully saturated rings. The van der Waals surface area contributed by atoms with Gasteiger partial charge in [0.15, 0.2) is 0 Å². The molecular weight excluding hydrogens is 256 g/mol. The summed E-state index contributed by atoms with van der Waals surface area (Å²) in [5.74, 6) is 2.17. The van der Waals surface area contributed by atoms with Crippen LogP contribution >= 0.6 is 11.8 Å². The molecule has 0 radical (unpaired) electrons. The van der Waals surface area contributed by atoms with Gasteiger partial charge >= 0.3 is 0 Å². The molecule has 1 aromatic heterocycles. The van der Waals surface area contributed by atoms with Gasteiger partial charge in [0.25, 0.3) is 5.91 Å². The number of carbonyl (C=O) groups is 1. The van der Waals surface area contributed by atoms with E-state index in [-0.39, 0.29) is 12.5 Å². The van der Waals surface area contributed by atoms with Gasteiger partial charge in [0.05, 0.1) is 12.1 Å². The molecule has 0 saturated heterocycles. The van der Waals surface area contributed by atoms with Crippen LogP contribution in [0.4, 0.5) is 0 Å². The van der Waals surface area contributed by atoms with Gasteiger partial charge in [-0.05, 0) is 24.3 Å². The first-order valence-corrected chi connectivity index (χ1v) is 6.52. The van der Waals surface area contributed by atoms with Gasteiger partial charge in [0.2, 0.25) is 0 Å². The number of rotatable bonds is 4. The lowest BCUT2D eigenvalue weighted by Gasteiger charge is -2.07. The minimum absolute atomic E-state index is 0.204. The van der Waals surface area contributed by atoms with Gasteiger partial charge < -0.3 is 5.32 Å². The molecule has 0 aliphatic carbocycles. The molecule has 0 unspecified atom stereocenters. The van der Waals surface area contributed by atoms with Crippen molar-refractivity contribution in [2.24, 2.45) is 0 Å². The Labute approximate surface area is 116 Å². The summed E-state index contributed by atoms with van der Waals surface area (Å²) in [5.41, 5.74) is 0.534. The highest BCUT2D eigenvalue weighted by Gasteiger charge is 2.12. The highest BCUT2D eigenvalue weighted by Crippen LogP contribution is 2.28. The molecule has 94 valence electrons. The molecule has 0 saturated carbocycles. The number of nitrogens with zero attached hydrogens (tertiary/aromatic N) is 1. The number of hydrogen-bond donors (Lipinski definition) is 1. The standard InChI is InChI=1S/C15H12N2OS/c1-2-10-16-14(18)13-9-6-11-17-15(13)19-12-7-4-3-5-8-12/h1,3-9,11H,10H2,(H,16,18). The minimum Gasteiger partial charge on any atom is -0.341 e. The summed E-state index contributed by atoms with van der Waals surface area (Å²) in [6.45, 7) is 0.211. The number of terminal acetylenes is 1. The largest absolute Gasteiger partial charge is 0.341 e. The Balaban J connectivity index is 2.22. The van der Waals surface area contributed by atoms with Crippen molar-refractivity contribution in [2.45, 2.75) is 9.92 Å². The van der Waals surface area contributed by atoms with Crippen molar-refractivity contribution < 1.29 is 4.79 Å². The van der Waals surface area contributed by atoms with Crippen molar-refractivity contribution in [2.75, 3.05) is 6.54 Å². The van der Waals surface area contributed by atoms with Crippen molar-refractivity contribution in [3.05, 3.63) is 54.2 Å². The van der Waals surface area contributed by atoms with Crippen molar-refractivity contribution in [1.82, 2.24) is 10.3 Å². The van der Waals surface area contributed by atoms with E-state index >= 15 is 0 Å². The molecule has 0 aliphatic heterocycles. The lowest BCUT2D eigenvalue weighted by atomic mass is 10.2. The number of carbonyl (C=O) groups excluding carboxylic acids is 1. The van der Waals surface area contributed by atoms with E-state index in [1.54, 1.807) is 18.3 Å². The summed E-state index contributed by atoms with van der Waals surface area (Å²) in [7, 11) is 0. The van der Waals surface area contributed by atoms with Gasteiger partial charge in [-0.25, -0.2) is 4.98 Å². The summed E-state index contributed by atoms with van der Waals surface area (Å²) in [5, 5.41) is 3.32. The molecule has 0 spiro atoms. The monoisotopic (exact) mass is 268 g/mol. The molecule has 0 bridgehead atoms. The van der Waals surface area contributed by atoms with Crippen LogP contribution < -0.4 is 5.32 Å². The first-order valence-electron chi connectivity index (χ1n) is 5.71. The highest BCUT2D eigenvalue weighted by atomic mass is 32.2. The van der Waals surface area contributed by atoms with Gasteiger partial charge in [-0.1, -0.05) is 35.9 Å². The fraction of sp³-hybridized carbons (Fsp3) is 0.0667. The molecule has 0 aliphatic rings. The lowest BCUT2D eigenvalue weighted by molar-refractivity contribution is 0.0955. The predicted octanol–water partition coefficient (Wildman–Crippen LogP) is 2.60.